The number of esters is 1. The van der Waals surface area contributed by atoms with Gasteiger partial charge >= 0.3 is 5.97 Å². The molecule has 1 heterocycles. The first kappa shape index (κ1) is 19.0. The van der Waals surface area contributed by atoms with Gasteiger partial charge in [-0.25, -0.2) is 9.78 Å². The van der Waals surface area contributed by atoms with Crippen molar-refractivity contribution in [3.63, 3.8) is 0 Å². The lowest BCUT2D eigenvalue weighted by Crippen LogP contribution is -2.18. The average molecular weight is 380 g/mol. The Bertz CT molecular complexity index is 976. The van der Waals surface area contributed by atoms with Crippen LogP contribution < -0.4 is 20.1 Å². The monoisotopic (exact) mass is 380 g/mol. The van der Waals surface area contributed by atoms with Gasteiger partial charge in [0.25, 0.3) is 0 Å². The van der Waals surface area contributed by atoms with Gasteiger partial charge in [0.1, 0.15) is 23.5 Å². The smallest absolute Gasteiger partial charge is 0.339 e. The summed E-state index contributed by atoms with van der Waals surface area (Å²) in [5.41, 5.74) is 7.47. The number of carbonyl (C=O) groups is 1. The Balaban J connectivity index is 1.93. The number of rotatable bonds is 6. The van der Waals surface area contributed by atoms with Crippen molar-refractivity contribution in [3.8, 4) is 17.4 Å². The molecule has 0 fully saturated rings. The van der Waals surface area contributed by atoms with Crippen molar-refractivity contribution in [3.05, 3.63) is 60.4 Å². The van der Waals surface area contributed by atoms with Crippen LogP contribution in [0.2, 0.25) is 0 Å². The molecule has 1 aromatic heterocycles. The molecule has 0 radical (unpaired) electrons. The van der Waals surface area contributed by atoms with Crippen LogP contribution >= 0.6 is 0 Å². The number of methoxy groups -OCH3 is 2. The van der Waals surface area contributed by atoms with Crippen LogP contribution in [0.5, 0.6) is 17.4 Å². The first-order valence-electron chi connectivity index (χ1n) is 8.38. The second-order valence-corrected chi connectivity index (χ2v) is 5.76. The summed E-state index contributed by atoms with van der Waals surface area (Å²) in [5.74, 6) is 1.41. The lowest BCUT2D eigenvalue weighted by molar-refractivity contribution is 0.0601. The van der Waals surface area contributed by atoms with Crippen molar-refractivity contribution >= 4 is 23.2 Å². The minimum Gasteiger partial charge on any atom is -0.497 e. The predicted molar refractivity (Wildman–Crippen MR) is 105 cm³/mol. The number of anilines is 3. The SMILES string of the molecule is COC(=O)c1ccccc1N(C)c1ncnc(Oc2ccc(OC)cc2)c1N. The van der Waals surface area contributed by atoms with E-state index < -0.39 is 5.97 Å². The Labute approximate surface area is 162 Å². The maximum absolute atomic E-state index is 12.1. The third kappa shape index (κ3) is 3.80. The third-order valence-corrected chi connectivity index (χ3v) is 4.09. The maximum Gasteiger partial charge on any atom is 0.339 e. The normalized spacial score (nSPS) is 10.2. The number of aromatic nitrogens is 2. The molecule has 0 aliphatic carbocycles. The van der Waals surface area contributed by atoms with E-state index in [2.05, 4.69) is 9.97 Å². The summed E-state index contributed by atoms with van der Waals surface area (Å²) in [4.78, 5) is 22.1. The Morgan fingerprint density at radius 1 is 1.00 bits per heavy atom. The molecule has 0 atom stereocenters. The Kier molecular flexibility index (Phi) is 5.59. The van der Waals surface area contributed by atoms with Gasteiger partial charge in [-0.2, -0.15) is 4.98 Å². The zero-order valence-electron chi connectivity index (χ0n) is 15.7. The van der Waals surface area contributed by atoms with Gasteiger partial charge in [-0.1, -0.05) is 12.1 Å². The van der Waals surface area contributed by atoms with Crippen LogP contribution in [0.15, 0.2) is 54.9 Å². The fourth-order valence-electron chi connectivity index (χ4n) is 2.64. The number of para-hydroxylation sites is 1. The van der Waals surface area contributed by atoms with Gasteiger partial charge in [-0.05, 0) is 36.4 Å². The van der Waals surface area contributed by atoms with Gasteiger partial charge in [0.15, 0.2) is 5.82 Å². The highest BCUT2D eigenvalue weighted by Gasteiger charge is 2.20. The molecular weight excluding hydrogens is 360 g/mol. The summed E-state index contributed by atoms with van der Waals surface area (Å²) >= 11 is 0. The van der Waals surface area contributed by atoms with Gasteiger partial charge in [-0.15, -0.1) is 0 Å². The molecule has 3 aromatic rings. The van der Waals surface area contributed by atoms with Gasteiger partial charge in [-0.3, -0.25) is 0 Å². The summed E-state index contributed by atoms with van der Waals surface area (Å²) in [6.45, 7) is 0. The van der Waals surface area contributed by atoms with Crippen LogP contribution in [0.1, 0.15) is 10.4 Å². The largest absolute Gasteiger partial charge is 0.497 e. The van der Waals surface area contributed by atoms with Crippen LogP contribution in [0, 0.1) is 0 Å². The highest BCUT2D eigenvalue weighted by atomic mass is 16.5. The molecule has 0 saturated carbocycles. The lowest BCUT2D eigenvalue weighted by Gasteiger charge is -2.22. The summed E-state index contributed by atoms with van der Waals surface area (Å²) in [6, 6.07) is 14.0. The fraction of sp³-hybridized carbons (Fsp3) is 0.150. The van der Waals surface area contributed by atoms with Gasteiger partial charge in [0.05, 0.1) is 25.5 Å². The Hall–Kier alpha value is -3.81. The Morgan fingerprint density at radius 3 is 2.36 bits per heavy atom. The van der Waals surface area contributed by atoms with E-state index >= 15 is 0 Å². The molecule has 3 rings (SSSR count). The summed E-state index contributed by atoms with van der Waals surface area (Å²) in [7, 11) is 4.67. The van der Waals surface area contributed by atoms with Crippen LogP contribution in [0.4, 0.5) is 17.2 Å². The minimum absolute atomic E-state index is 0.206. The van der Waals surface area contributed by atoms with Crippen molar-refractivity contribution in [2.45, 2.75) is 0 Å². The van der Waals surface area contributed by atoms with E-state index in [1.54, 1.807) is 61.5 Å². The zero-order chi connectivity index (χ0) is 20.1. The fourth-order valence-corrected chi connectivity index (χ4v) is 2.64. The second-order valence-electron chi connectivity index (χ2n) is 5.76. The number of ether oxygens (including phenoxy) is 3. The van der Waals surface area contributed by atoms with E-state index in [0.29, 0.717) is 28.6 Å². The number of nitrogen functional groups attached to an aromatic ring is 1. The molecule has 8 heteroatoms. The van der Waals surface area contributed by atoms with Crippen LogP contribution in [-0.2, 0) is 4.74 Å². The molecule has 8 nitrogen and oxygen atoms in total. The molecule has 144 valence electrons. The molecule has 0 amide bonds. The topological polar surface area (TPSA) is 99.8 Å². The molecule has 2 N–H and O–H groups in total. The first-order chi connectivity index (χ1) is 13.5. The summed E-state index contributed by atoms with van der Waals surface area (Å²) in [5, 5.41) is 0. The molecule has 0 aliphatic rings. The highest BCUT2D eigenvalue weighted by Crippen LogP contribution is 2.35. The van der Waals surface area contributed by atoms with Crippen molar-refractivity contribution in [1.82, 2.24) is 9.97 Å². The van der Waals surface area contributed by atoms with E-state index in [9.17, 15) is 4.79 Å². The Morgan fingerprint density at radius 2 is 1.68 bits per heavy atom. The molecule has 0 bridgehead atoms. The second kappa shape index (κ2) is 8.26. The number of benzene rings is 2. The maximum atomic E-state index is 12.1. The highest BCUT2D eigenvalue weighted by molar-refractivity contribution is 5.97. The summed E-state index contributed by atoms with van der Waals surface area (Å²) < 4.78 is 15.8. The molecule has 28 heavy (non-hydrogen) atoms. The van der Waals surface area contributed by atoms with Crippen molar-refractivity contribution in [1.29, 1.82) is 0 Å². The standard InChI is InChI=1S/C20H20N4O4/c1-24(16-7-5-4-6-15(16)20(25)27-3)18-17(21)19(23-12-22-18)28-14-10-8-13(26-2)9-11-14/h4-12H,21H2,1-3H3. The zero-order valence-corrected chi connectivity index (χ0v) is 15.7. The van der Waals surface area contributed by atoms with Crippen molar-refractivity contribution in [2.24, 2.45) is 0 Å². The quantitative estimate of drug-likeness (QED) is 0.650. The molecular formula is C20H20N4O4. The minimum atomic E-state index is -0.454. The number of hydrogen-bond acceptors (Lipinski definition) is 8. The lowest BCUT2D eigenvalue weighted by atomic mass is 10.1. The van der Waals surface area contributed by atoms with Gasteiger partial charge < -0.3 is 24.8 Å². The molecule has 0 unspecified atom stereocenters. The van der Waals surface area contributed by atoms with E-state index in [1.807, 2.05) is 6.07 Å². The summed E-state index contributed by atoms with van der Waals surface area (Å²) in [6.07, 6.45) is 1.35. The van der Waals surface area contributed by atoms with E-state index in [0.717, 1.165) is 0 Å². The molecule has 0 aliphatic heterocycles. The van der Waals surface area contributed by atoms with Crippen molar-refractivity contribution in [2.75, 3.05) is 31.9 Å². The van der Waals surface area contributed by atoms with Gasteiger partial charge in [0.2, 0.25) is 5.88 Å². The van der Waals surface area contributed by atoms with Crippen LogP contribution in [0.25, 0.3) is 0 Å². The number of nitrogens with zero attached hydrogens (tertiary/aromatic N) is 3. The van der Waals surface area contributed by atoms with E-state index in [1.165, 1.54) is 13.4 Å². The molecule has 0 spiro atoms. The first-order valence-corrected chi connectivity index (χ1v) is 8.38. The predicted octanol–water partition coefficient (Wildman–Crippen LogP) is 3.41. The number of nitrogens with two attached hydrogens (primary N) is 1. The van der Waals surface area contributed by atoms with Crippen LogP contribution in [0.3, 0.4) is 0 Å². The van der Waals surface area contributed by atoms with E-state index in [-0.39, 0.29) is 11.6 Å². The van der Waals surface area contributed by atoms with Gasteiger partial charge in [0, 0.05) is 7.05 Å². The molecule has 2 aromatic carbocycles. The van der Waals surface area contributed by atoms with Crippen LogP contribution in [-0.4, -0.2) is 37.2 Å². The molecule has 0 saturated heterocycles. The average Bonchev–Trinajstić information content (AvgIpc) is 2.74. The number of hydrogen-bond donors (Lipinski definition) is 1. The van der Waals surface area contributed by atoms with Crippen molar-refractivity contribution < 1.29 is 19.0 Å². The number of carbonyl (C=O) groups excluding carboxylic acids is 1. The third-order valence-electron chi connectivity index (χ3n) is 4.09. The van der Waals surface area contributed by atoms with E-state index in [4.69, 9.17) is 19.9 Å².